The normalized spacial score (nSPS) is 14.0. The minimum Gasteiger partial charge on any atom is -0.461 e. The second-order valence-electron chi connectivity index (χ2n) is 1.95. The number of ether oxygens (including phenoxy) is 1. The van der Waals surface area contributed by atoms with E-state index < -0.39 is 0 Å². The highest BCUT2D eigenvalue weighted by Gasteiger charge is 2.01. The highest BCUT2D eigenvalue weighted by Crippen LogP contribution is 2.18. The van der Waals surface area contributed by atoms with E-state index in [1.807, 2.05) is 18.2 Å². The van der Waals surface area contributed by atoms with Gasteiger partial charge in [0.05, 0.1) is 12.5 Å². The maximum Gasteiger partial charge on any atom is 0.171 e. The lowest BCUT2D eigenvalue weighted by Crippen LogP contribution is -1.78. The Hall–Kier alpha value is -1.51. The lowest BCUT2D eigenvalue weighted by atomic mass is 10.4. The summed E-state index contributed by atoms with van der Waals surface area (Å²) >= 11 is 0. The van der Waals surface area contributed by atoms with Crippen LogP contribution in [-0.4, -0.2) is 10.2 Å². The summed E-state index contributed by atoms with van der Waals surface area (Å²) in [5, 5.41) is 6.61. The Balaban J connectivity index is 2.50. The van der Waals surface area contributed by atoms with Gasteiger partial charge < -0.3 is 4.74 Å². The van der Waals surface area contributed by atoms with Gasteiger partial charge in [-0.15, -0.1) is 0 Å². The summed E-state index contributed by atoms with van der Waals surface area (Å²) in [6.07, 6.45) is 8.90. The fourth-order valence-electron chi connectivity index (χ4n) is 0.808. The molecule has 2 heterocycles. The van der Waals surface area contributed by atoms with E-state index in [1.54, 1.807) is 12.5 Å². The van der Waals surface area contributed by atoms with E-state index in [2.05, 4.69) is 10.2 Å². The summed E-state index contributed by atoms with van der Waals surface area (Å²) < 4.78 is 5.15. The molecule has 0 radical (unpaired) electrons. The minimum atomic E-state index is 0.769. The summed E-state index contributed by atoms with van der Waals surface area (Å²) in [5.41, 5.74) is 0.907. The molecule has 0 spiro atoms. The van der Waals surface area contributed by atoms with Crippen LogP contribution in [0.15, 0.2) is 24.6 Å². The number of nitrogens with one attached hydrogen (secondary N) is 1. The number of aromatic amines is 1. The molecule has 0 bridgehead atoms. The van der Waals surface area contributed by atoms with Crippen molar-refractivity contribution in [3.8, 4) is 5.75 Å². The van der Waals surface area contributed by atoms with Gasteiger partial charge in [0.15, 0.2) is 5.75 Å². The Morgan fingerprint density at radius 2 is 2.40 bits per heavy atom. The second kappa shape index (κ2) is 2.02. The first kappa shape index (κ1) is 5.29. The van der Waals surface area contributed by atoms with Crippen molar-refractivity contribution in [1.29, 1.82) is 0 Å². The quantitative estimate of drug-likeness (QED) is 0.581. The molecular formula is C7H6N2O. The molecule has 0 aromatic carbocycles. The lowest BCUT2D eigenvalue weighted by Gasteiger charge is -1.92. The average molecular weight is 134 g/mol. The standard InChI is InChI=1S/C7H6N2O/c1-2-4-10-7-5-8-9-6(7)3-1/h1-5H,(H,8,9). The van der Waals surface area contributed by atoms with Crippen LogP contribution in [0.25, 0.3) is 6.08 Å². The Morgan fingerprint density at radius 3 is 3.40 bits per heavy atom. The SMILES string of the molecule is C1=COc2cn[nH]c2C=C1. The molecule has 1 aliphatic heterocycles. The Morgan fingerprint density at radius 1 is 1.40 bits per heavy atom. The van der Waals surface area contributed by atoms with Crippen molar-refractivity contribution in [3.63, 3.8) is 0 Å². The fraction of sp³-hybridized carbons (Fsp3) is 0. The summed E-state index contributed by atoms with van der Waals surface area (Å²) in [7, 11) is 0. The van der Waals surface area contributed by atoms with Crippen molar-refractivity contribution in [2.45, 2.75) is 0 Å². The number of allylic oxidation sites excluding steroid dienone is 2. The number of rotatable bonds is 0. The topological polar surface area (TPSA) is 37.9 Å². The third-order valence-electron chi connectivity index (χ3n) is 1.28. The molecule has 0 fully saturated rings. The number of hydrogen-bond donors (Lipinski definition) is 1. The molecule has 0 unspecified atom stereocenters. The van der Waals surface area contributed by atoms with Gasteiger partial charge in [-0.05, 0) is 12.2 Å². The zero-order chi connectivity index (χ0) is 6.81. The van der Waals surface area contributed by atoms with E-state index in [4.69, 9.17) is 4.74 Å². The molecule has 0 atom stereocenters. The van der Waals surface area contributed by atoms with E-state index >= 15 is 0 Å². The van der Waals surface area contributed by atoms with Crippen LogP contribution in [0.2, 0.25) is 0 Å². The van der Waals surface area contributed by atoms with Gasteiger partial charge >= 0.3 is 0 Å². The minimum absolute atomic E-state index is 0.769. The predicted octanol–water partition coefficient (Wildman–Crippen LogP) is 1.33. The molecule has 10 heavy (non-hydrogen) atoms. The molecule has 1 aromatic rings. The monoisotopic (exact) mass is 134 g/mol. The van der Waals surface area contributed by atoms with Crippen LogP contribution in [0.4, 0.5) is 0 Å². The third-order valence-corrected chi connectivity index (χ3v) is 1.28. The van der Waals surface area contributed by atoms with Crippen LogP contribution in [0.5, 0.6) is 5.75 Å². The number of hydrogen-bond acceptors (Lipinski definition) is 2. The molecule has 3 heteroatoms. The van der Waals surface area contributed by atoms with Crippen LogP contribution < -0.4 is 4.74 Å². The van der Waals surface area contributed by atoms with E-state index in [9.17, 15) is 0 Å². The first-order chi connectivity index (χ1) is 4.97. The molecule has 1 aliphatic rings. The molecule has 0 amide bonds. The van der Waals surface area contributed by atoms with Gasteiger partial charge in [0, 0.05) is 0 Å². The van der Waals surface area contributed by atoms with Crippen molar-refractivity contribution in [1.82, 2.24) is 10.2 Å². The highest BCUT2D eigenvalue weighted by atomic mass is 16.5. The van der Waals surface area contributed by atoms with Gasteiger partial charge in [0.2, 0.25) is 0 Å². The Labute approximate surface area is 58.0 Å². The molecule has 0 saturated heterocycles. The van der Waals surface area contributed by atoms with Crippen molar-refractivity contribution in [2.24, 2.45) is 0 Å². The first-order valence-electron chi connectivity index (χ1n) is 3.00. The Bertz CT molecular complexity index is 286. The van der Waals surface area contributed by atoms with Crippen LogP contribution in [0.3, 0.4) is 0 Å². The van der Waals surface area contributed by atoms with Gasteiger partial charge in [-0.2, -0.15) is 5.10 Å². The first-order valence-corrected chi connectivity index (χ1v) is 3.00. The van der Waals surface area contributed by atoms with Gasteiger partial charge in [-0.3, -0.25) is 5.10 Å². The lowest BCUT2D eigenvalue weighted by molar-refractivity contribution is 0.481. The average Bonchev–Trinajstić information content (AvgIpc) is 2.28. The van der Waals surface area contributed by atoms with Crippen molar-refractivity contribution in [2.75, 3.05) is 0 Å². The van der Waals surface area contributed by atoms with Crippen molar-refractivity contribution >= 4 is 6.08 Å². The molecule has 1 aromatic heterocycles. The second-order valence-corrected chi connectivity index (χ2v) is 1.95. The van der Waals surface area contributed by atoms with E-state index in [0.29, 0.717) is 0 Å². The zero-order valence-corrected chi connectivity index (χ0v) is 5.24. The van der Waals surface area contributed by atoms with Crippen LogP contribution in [-0.2, 0) is 0 Å². The zero-order valence-electron chi connectivity index (χ0n) is 5.24. The highest BCUT2D eigenvalue weighted by molar-refractivity contribution is 5.54. The largest absolute Gasteiger partial charge is 0.461 e. The Kier molecular flexibility index (Phi) is 1.07. The van der Waals surface area contributed by atoms with Crippen molar-refractivity contribution < 1.29 is 4.74 Å². The number of H-pyrrole nitrogens is 1. The van der Waals surface area contributed by atoms with Crippen LogP contribution in [0.1, 0.15) is 5.69 Å². The molecular weight excluding hydrogens is 128 g/mol. The van der Waals surface area contributed by atoms with E-state index in [0.717, 1.165) is 11.4 Å². The number of nitrogens with zero attached hydrogens (tertiary/aromatic N) is 1. The molecule has 1 N–H and O–H groups in total. The van der Waals surface area contributed by atoms with Crippen molar-refractivity contribution in [3.05, 3.63) is 30.3 Å². The molecule has 50 valence electrons. The summed E-state index contributed by atoms with van der Waals surface area (Å²) in [5.74, 6) is 0.769. The van der Waals surface area contributed by atoms with E-state index in [1.165, 1.54) is 0 Å². The fourth-order valence-corrected chi connectivity index (χ4v) is 0.808. The van der Waals surface area contributed by atoms with Gasteiger partial charge in [0.1, 0.15) is 5.69 Å². The predicted molar refractivity (Wildman–Crippen MR) is 37.4 cm³/mol. The molecule has 0 aliphatic carbocycles. The number of aromatic nitrogens is 2. The van der Waals surface area contributed by atoms with E-state index in [-0.39, 0.29) is 0 Å². The molecule has 3 nitrogen and oxygen atoms in total. The summed E-state index contributed by atoms with van der Waals surface area (Å²) in [6.45, 7) is 0. The summed E-state index contributed by atoms with van der Waals surface area (Å²) in [4.78, 5) is 0. The molecule has 0 saturated carbocycles. The maximum atomic E-state index is 5.15. The summed E-state index contributed by atoms with van der Waals surface area (Å²) in [6, 6.07) is 0. The van der Waals surface area contributed by atoms with Gasteiger partial charge in [0.25, 0.3) is 0 Å². The van der Waals surface area contributed by atoms with Crippen LogP contribution >= 0.6 is 0 Å². The maximum absolute atomic E-state index is 5.15. The van der Waals surface area contributed by atoms with Crippen LogP contribution in [0, 0.1) is 0 Å². The number of fused-ring (bicyclic) bond motifs is 1. The van der Waals surface area contributed by atoms with Gasteiger partial charge in [-0.1, -0.05) is 6.08 Å². The smallest absolute Gasteiger partial charge is 0.171 e. The molecule has 2 rings (SSSR count). The third kappa shape index (κ3) is 0.719. The van der Waals surface area contributed by atoms with Gasteiger partial charge in [-0.25, -0.2) is 0 Å².